The van der Waals surface area contributed by atoms with Gasteiger partial charge in [-0.2, -0.15) is 0 Å². The Bertz CT molecular complexity index is 601. The van der Waals surface area contributed by atoms with E-state index >= 15 is 0 Å². The molecule has 0 saturated heterocycles. The number of hydrogen-bond donors (Lipinski definition) is 1. The second kappa shape index (κ2) is 5.10. The molecule has 0 aliphatic rings. The van der Waals surface area contributed by atoms with E-state index in [-0.39, 0.29) is 22.1 Å². The molecular weight excluding hydrogens is 256 g/mol. The third-order valence-corrected chi connectivity index (χ3v) is 2.48. The van der Waals surface area contributed by atoms with Crippen molar-refractivity contribution in [2.75, 3.05) is 0 Å². The molecule has 0 atom stereocenters. The molecule has 2 aromatic rings. The van der Waals surface area contributed by atoms with Crippen LogP contribution in [-0.2, 0) is 0 Å². The lowest BCUT2D eigenvalue weighted by atomic mass is 10.2. The molecule has 92 valence electrons. The van der Waals surface area contributed by atoms with Crippen molar-refractivity contribution in [3.63, 3.8) is 0 Å². The normalized spacial score (nSPS) is 10.1. The maximum absolute atomic E-state index is 13.6. The lowest BCUT2D eigenvalue weighted by Gasteiger charge is -2.11. The topological polar surface area (TPSA) is 35.2 Å². The zero-order valence-electron chi connectivity index (χ0n) is 9.19. The first-order chi connectivity index (χ1) is 8.59. The highest BCUT2D eigenvalue weighted by atomic mass is 32.1. The van der Waals surface area contributed by atoms with E-state index in [0.717, 1.165) is 0 Å². The predicted molar refractivity (Wildman–Crippen MR) is 68.8 cm³/mol. The van der Waals surface area contributed by atoms with Crippen molar-refractivity contribution in [3.05, 3.63) is 59.7 Å². The molecule has 0 aliphatic carbocycles. The fourth-order valence-electron chi connectivity index (χ4n) is 1.47. The van der Waals surface area contributed by atoms with E-state index in [9.17, 15) is 8.78 Å². The summed E-state index contributed by atoms with van der Waals surface area (Å²) in [4.78, 5) is -0.139. The van der Waals surface area contributed by atoms with Gasteiger partial charge in [0.1, 0.15) is 16.6 Å². The molecule has 0 bridgehead atoms. The first-order valence-corrected chi connectivity index (χ1v) is 5.51. The molecule has 0 fully saturated rings. The SMILES string of the molecule is NC(=S)c1c(F)cccc1Oc1ccccc1F. The Morgan fingerprint density at radius 3 is 2.22 bits per heavy atom. The van der Waals surface area contributed by atoms with E-state index in [1.54, 1.807) is 6.07 Å². The van der Waals surface area contributed by atoms with Crippen LogP contribution in [0.2, 0.25) is 0 Å². The van der Waals surface area contributed by atoms with Crippen LogP contribution in [0.5, 0.6) is 11.5 Å². The minimum atomic E-state index is -0.601. The summed E-state index contributed by atoms with van der Waals surface area (Å²) in [7, 11) is 0. The van der Waals surface area contributed by atoms with Crippen molar-refractivity contribution in [2.45, 2.75) is 0 Å². The lowest BCUT2D eigenvalue weighted by Crippen LogP contribution is -2.13. The van der Waals surface area contributed by atoms with Crippen LogP contribution in [-0.4, -0.2) is 4.99 Å². The number of nitrogens with two attached hydrogens (primary N) is 1. The van der Waals surface area contributed by atoms with Crippen LogP contribution < -0.4 is 10.5 Å². The molecule has 0 radical (unpaired) electrons. The smallest absolute Gasteiger partial charge is 0.165 e. The molecule has 2 nitrogen and oxygen atoms in total. The molecule has 0 saturated carbocycles. The number of ether oxygens (including phenoxy) is 1. The lowest BCUT2D eigenvalue weighted by molar-refractivity contribution is 0.438. The molecule has 0 spiro atoms. The third-order valence-electron chi connectivity index (χ3n) is 2.28. The van der Waals surface area contributed by atoms with Crippen molar-refractivity contribution < 1.29 is 13.5 Å². The van der Waals surface area contributed by atoms with Crippen LogP contribution in [0.1, 0.15) is 5.56 Å². The van der Waals surface area contributed by atoms with Gasteiger partial charge in [-0.15, -0.1) is 0 Å². The van der Waals surface area contributed by atoms with Gasteiger partial charge in [0.2, 0.25) is 0 Å². The summed E-state index contributed by atoms with van der Waals surface area (Å²) >= 11 is 4.75. The molecule has 5 heteroatoms. The van der Waals surface area contributed by atoms with Gasteiger partial charge in [-0.25, -0.2) is 8.78 Å². The number of rotatable bonds is 3. The number of thiocarbonyl (C=S) groups is 1. The maximum Gasteiger partial charge on any atom is 0.165 e. The maximum atomic E-state index is 13.6. The number of para-hydroxylation sites is 1. The molecular formula is C13H9F2NOS. The molecule has 18 heavy (non-hydrogen) atoms. The van der Waals surface area contributed by atoms with Gasteiger partial charge in [0.05, 0.1) is 5.56 Å². The summed E-state index contributed by atoms with van der Waals surface area (Å²) in [5, 5.41) is 0. The first kappa shape index (κ1) is 12.4. The van der Waals surface area contributed by atoms with E-state index in [4.69, 9.17) is 22.7 Å². The van der Waals surface area contributed by atoms with Gasteiger partial charge in [0.15, 0.2) is 11.6 Å². The highest BCUT2D eigenvalue weighted by Gasteiger charge is 2.14. The van der Waals surface area contributed by atoms with Crippen molar-refractivity contribution >= 4 is 17.2 Å². The summed E-state index contributed by atoms with van der Waals surface area (Å²) in [5.74, 6) is -1.07. The Labute approximate surface area is 108 Å². The van der Waals surface area contributed by atoms with E-state index in [0.29, 0.717) is 0 Å². The van der Waals surface area contributed by atoms with Gasteiger partial charge in [-0.05, 0) is 24.3 Å². The van der Waals surface area contributed by atoms with Crippen LogP contribution in [0.25, 0.3) is 0 Å². The third kappa shape index (κ3) is 2.46. The second-order valence-electron chi connectivity index (χ2n) is 3.51. The number of halogens is 2. The Hall–Kier alpha value is -2.01. The molecule has 2 rings (SSSR count). The zero-order chi connectivity index (χ0) is 13.1. The first-order valence-electron chi connectivity index (χ1n) is 5.10. The predicted octanol–water partition coefficient (Wildman–Crippen LogP) is 3.39. The molecule has 0 aromatic heterocycles. The van der Waals surface area contributed by atoms with Gasteiger partial charge < -0.3 is 10.5 Å². The summed E-state index contributed by atoms with van der Waals surface area (Å²) in [6.45, 7) is 0. The fourth-order valence-corrected chi connectivity index (χ4v) is 1.67. The quantitative estimate of drug-likeness (QED) is 0.864. The van der Waals surface area contributed by atoms with Gasteiger partial charge in [0, 0.05) is 0 Å². The Balaban J connectivity index is 2.44. The summed E-state index contributed by atoms with van der Waals surface area (Å²) < 4.78 is 32.3. The largest absolute Gasteiger partial charge is 0.453 e. The van der Waals surface area contributed by atoms with Crippen LogP contribution in [0.3, 0.4) is 0 Å². The standard InChI is InChI=1S/C13H9F2NOS/c14-8-4-1-2-6-10(8)17-11-7-3-5-9(15)12(11)13(16)18/h1-7H,(H2,16,18). The van der Waals surface area contributed by atoms with Gasteiger partial charge in [-0.3, -0.25) is 0 Å². The van der Waals surface area contributed by atoms with Crippen LogP contribution >= 0.6 is 12.2 Å². The number of benzene rings is 2. The summed E-state index contributed by atoms with van der Waals surface area (Å²) in [6.07, 6.45) is 0. The highest BCUT2D eigenvalue weighted by molar-refractivity contribution is 7.80. The highest BCUT2D eigenvalue weighted by Crippen LogP contribution is 2.28. The van der Waals surface area contributed by atoms with Crippen molar-refractivity contribution in [3.8, 4) is 11.5 Å². The van der Waals surface area contributed by atoms with Gasteiger partial charge >= 0.3 is 0 Å². The Kier molecular flexibility index (Phi) is 3.53. The average molecular weight is 265 g/mol. The molecule has 0 unspecified atom stereocenters. The molecule has 0 aliphatic heterocycles. The monoisotopic (exact) mass is 265 g/mol. The van der Waals surface area contributed by atoms with E-state index in [1.165, 1.54) is 36.4 Å². The second-order valence-corrected chi connectivity index (χ2v) is 3.95. The zero-order valence-corrected chi connectivity index (χ0v) is 10.0. The van der Waals surface area contributed by atoms with Crippen LogP contribution in [0.15, 0.2) is 42.5 Å². The minimum absolute atomic E-state index is 0.0133. The summed E-state index contributed by atoms with van der Waals surface area (Å²) in [6, 6.07) is 9.94. The van der Waals surface area contributed by atoms with Crippen LogP contribution in [0.4, 0.5) is 8.78 Å². The van der Waals surface area contributed by atoms with Gasteiger partial charge in [-0.1, -0.05) is 30.4 Å². The Morgan fingerprint density at radius 1 is 0.944 bits per heavy atom. The summed E-state index contributed by atoms with van der Waals surface area (Å²) in [5.41, 5.74) is 5.39. The number of hydrogen-bond acceptors (Lipinski definition) is 2. The van der Waals surface area contributed by atoms with Crippen LogP contribution in [0, 0.1) is 11.6 Å². The minimum Gasteiger partial charge on any atom is -0.453 e. The molecule has 0 amide bonds. The van der Waals surface area contributed by atoms with E-state index < -0.39 is 11.6 Å². The van der Waals surface area contributed by atoms with Crippen molar-refractivity contribution in [1.82, 2.24) is 0 Å². The van der Waals surface area contributed by atoms with Gasteiger partial charge in [0.25, 0.3) is 0 Å². The molecule has 2 N–H and O–H groups in total. The van der Waals surface area contributed by atoms with E-state index in [2.05, 4.69) is 0 Å². The Morgan fingerprint density at radius 2 is 1.56 bits per heavy atom. The fraction of sp³-hybridized carbons (Fsp3) is 0. The average Bonchev–Trinajstić information content (AvgIpc) is 2.31. The van der Waals surface area contributed by atoms with Crippen molar-refractivity contribution in [2.24, 2.45) is 5.73 Å². The molecule has 2 aromatic carbocycles. The van der Waals surface area contributed by atoms with E-state index in [1.807, 2.05) is 0 Å². The molecule has 0 heterocycles. The van der Waals surface area contributed by atoms with Crippen molar-refractivity contribution in [1.29, 1.82) is 0 Å².